The topological polar surface area (TPSA) is 19.6 Å². The molecule has 0 saturated heterocycles. The Bertz CT molecular complexity index is 4450. The van der Waals surface area contributed by atoms with Gasteiger partial charge in [-0.05, 0) is 178 Å². The van der Waals surface area contributed by atoms with Gasteiger partial charge in [0.05, 0.1) is 16.8 Å². The van der Waals surface area contributed by atoms with Crippen LogP contribution in [0.3, 0.4) is 0 Å². The molecule has 1 heterocycles. The molecular weight excluding hydrogens is 945 g/mol. The Hall–Kier alpha value is -9.44. The number of benzene rings is 11. The van der Waals surface area contributed by atoms with Gasteiger partial charge < -0.3 is 14.2 Å². The summed E-state index contributed by atoms with van der Waals surface area (Å²) in [5.41, 5.74) is 26.3. The summed E-state index contributed by atoms with van der Waals surface area (Å²) in [6.07, 6.45) is 10.0. The largest absolute Gasteiger partial charge is 0.454 e. The average molecular weight is 1000 g/mol. The maximum Gasteiger partial charge on any atom is 0.160 e. The van der Waals surface area contributed by atoms with Crippen LogP contribution in [0.4, 0.5) is 34.1 Å². The lowest BCUT2D eigenvalue weighted by atomic mass is 9.70. The van der Waals surface area contributed by atoms with Gasteiger partial charge in [-0.25, -0.2) is 0 Å². The summed E-state index contributed by atoms with van der Waals surface area (Å²) < 4.78 is 7.43. The molecule has 15 rings (SSSR count). The van der Waals surface area contributed by atoms with E-state index in [9.17, 15) is 0 Å². The van der Waals surface area contributed by atoms with Gasteiger partial charge in [0, 0.05) is 44.8 Å². The van der Waals surface area contributed by atoms with E-state index in [4.69, 9.17) is 4.42 Å². The number of hydrogen-bond acceptors (Lipinski definition) is 3. The molecule has 3 nitrogen and oxygen atoms in total. The molecule has 1 unspecified atom stereocenters. The highest BCUT2D eigenvalue weighted by Crippen LogP contribution is 2.67. The van der Waals surface area contributed by atoms with E-state index in [1.54, 1.807) is 0 Å². The Balaban J connectivity index is 1.10. The monoisotopic (exact) mass is 1000 g/mol. The molecule has 1 atom stereocenters. The second-order valence-corrected chi connectivity index (χ2v) is 21.6. The number of hydrogen-bond donors (Lipinski definition) is 0. The van der Waals surface area contributed by atoms with Crippen molar-refractivity contribution < 1.29 is 4.42 Å². The molecule has 0 saturated carbocycles. The molecule has 3 aliphatic carbocycles. The number of fused-ring (bicyclic) bond motifs is 16. The summed E-state index contributed by atoms with van der Waals surface area (Å²) in [6, 6.07) is 84.0. The first-order valence-electron chi connectivity index (χ1n) is 27.4. The zero-order chi connectivity index (χ0) is 52.2. The van der Waals surface area contributed by atoms with Crippen LogP contribution in [0.5, 0.6) is 0 Å². The van der Waals surface area contributed by atoms with Crippen LogP contribution in [0.25, 0.3) is 66.1 Å². The first kappa shape index (κ1) is 45.9. The maximum absolute atomic E-state index is 7.43. The van der Waals surface area contributed by atoms with Gasteiger partial charge in [-0.15, -0.1) is 0 Å². The van der Waals surface area contributed by atoms with Gasteiger partial charge in [0.1, 0.15) is 5.58 Å². The predicted octanol–water partition coefficient (Wildman–Crippen LogP) is 20.5. The number of allylic oxidation sites excluding steroid dienone is 4. The molecule has 1 aromatic heterocycles. The maximum atomic E-state index is 7.43. The summed E-state index contributed by atoms with van der Waals surface area (Å²) in [4.78, 5) is 5.04. The third-order valence-electron chi connectivity index (χ3n) is 17.3. The van der Waals surface area contributed by atoms with Gasteiger partial charge in [0.25, 0.3) is 0 Å². The third-order valence-corrected chi connectivity index (χ3v) is 17.3. The first-order chi connectivity index (χ1) is 38.4. The van der Waals surface area contributed by atoms with Crippen molar-refractivity contribution in [2.75, 3.05) is 9.80 Å². The molecule has 0 bridgehead atoms. The van der Waals surface area contributed by atoms with Crippen LogP contribution in [0.1, 0.15) is 62.4 Å². The van der Waals surface area contributed by atoms with E-state index in [0.29, 0.717) is 5.92 Å². The van der Waals surface area contributed by atoms with E-state index in [1.165, 1.54) is 94.2 Å². The fraction of sp³-hybridized carbons (Fsp3) is 0.0933. The van der Waals surface area contributed by atoms with Crippen molar-refractivity contribution in [3.05, 3.63) is 299 Å². The second kappa shape index (κ2) is 17.8. The molecule has 3 heteroatoms. The van der Waals surface area contributed by atoms with Crippen LogP contribution in [0, 0.1) is 27.7 Å². The lowest BCUT2D eigenvalue weighted by Crippen LogP contribution is -2.27. The summed E-state index contributed by atoms with van der Waals surface area (Å²) in [5, 5.41) is 4.61. The normalized spacial score (nSPS) is 14.5. The van der Waals surface area contributed by atoms with Crippen molar-refractivity contribution in [2.45, 2.75) is 45.4 Å². The lowest BCUT2D eigenvalue weighted by molar-refractivity contribution is 0.668. The summed E-state index contributed by atoms with van der Waals surface area (Å²) in [6.45, 7) is 8.96. The number of furan rings is 1. The van der Waals surface area contributed by atoms with E-state index in [0.717, 1.165) is 62.5 Å². The molecule has 3 aliphatic rings. The van der Waals surface area contributed by atoms with E-state index < -0.39 is 5.41 Å². The molecule has 0 fully saturated rings. The van der Waals surface area contributed by atoms with Gasteiger partial charge in [0.15, 0.2) is 5.58 Å². The molecule has 0 aliphatic heterocycles. The zero-order valence-corrected chi connectivity index (χ0v) is 44.3. The van der Waals surface area contributed by atoms with Crippen LogP contribution < -0.4 is 9.80 Å². The van der Waals surface area contributed by atoms with Crippen LogP contribution in [-0.4, -0.2) is 0 Å². The van der Waals surface area contributed by atoms with Crippen molar-refractivity contribution in [3.63, 3.8) is 0 Å². The molecule has 78 heavy (non-hydrogen) atoms. The number of nitrogens with zero attached hydrogens (tertiary/aromatic N) is 2. The Morgan fingerprint density at radius 1 is 0.410 bits per heavy atom. The van der Waals surface area contributed by atoms with Crippen LogP contribution in [0.15, 0.2) is 253 Å². The van der Waals surface area contributed by atoms with E-state index in [-0.39, 0.29) is 0 Å². The highest BCUT2D eigenvalue weighted by molar-refractivity contribution is 6.24. The standard InChI is InChI=1S/C75H56N2O/c1-47-39-41-53(43-60(47)51-25-7-5-8-26-51)76(66-36-20-11-23-49(66)3)68-45-64-71(58-32-14-13-31-57(58)68)73-65(75(64)62-34-18-15-29-55(62)56-30-16-19-35-63(56)75)46-69(74-72(73)59-33-17-22-38-70(59)78-74)77(67-37-21-12-24-50(67)4)54-42-40-48(2)61(44-54)52-27-9-6-10-28-52/h5-25,27-46,51H,26H2,1-4H3. The second-order valence-electron chi connectivity index (χ2n) is 21.6. The van der Waals surface area contributed by atoms with Crippen molar-refractivity contribution in [1.82, 2.24) is 0 Å². The first-order valence-corrected chi connectivity index (χ1v) is 27.4. The van der Waals surface area contributed by atoms with Gasteiger partial charge in [-0.3, -0.25) is 0 Å². The van der Waals surface area contributed by atoms with Gasteiger partial charge in [-0.2, -0.15) is 0 Å². The van der Waals surface area contributed by atoms with Crippen molar-refractivity contribution in [1.29, 1.82) is 0 Å². The highest BCUT2D eigenvalue weighted by atomic mass is 16.3. The fourth-order valence-electron chi connectivity index (χ4n) is 13.8. The minimum absolute atomic E-state index is 0.292. The molecule has 0 radical (unpaired) electrons. The van der Waals surface area contributed by atoms with E-state index >= 15 is 0 Å². The number of aryl methyl sites for hydroxylation is 4. The smallest absolute Gasteiger partial charge is 0.160 e. The van der Waals surface area contributed by atoms with Gasteiger partial charge in [-0.1, -0.05) is 194 Å². The molecule has 372 valence electrons. The fourth-order valence-corrected chi connectivity index (χ4v) is 13.8. The van der Waals surface area contributed by atoms with Crippen molar-refractivity contribution in [3.8, 4) is 33.4 Å². The van der Waals surface area contributed by atoms with Crippen LogP contribution >= 0.6 is 0 Å². The summed E-state index contributed by atoms with van der Waals surface area (Å²) >= 11 is 0. The summed E-state index contributed by atoms with van der Waals surface area (Å²) in [5.74, 6) is 0.292. The zero-order valence-electron chi connectivity index (χ0n) is 44.3. The Morgan fingerprint density at radius 3 is 1.67 bits per heavy atom. The summed E-state index contributed by atoms with van der Waals surface area (Å²) in [7, 11) is 0. The number of rotatable bonds is 8. The number of anilines is 6. The molecule has 11 aromatic carbocycles. The molecule has 12 aromatic rings. The Labute approximate surface area is 456 Å². The quantitative estimate of drug-likeness (QED) is 0.151. The Morgan fingerprint density at radius 2 is 0.974 bits per heavy atom. The van der Waals surface area contributed by atoms with Crippen molar-refractivity contribution >= 4 is 66.8 Å². The van der Waals surface area contributed by atoms with Crippen molar-refractivity contribution in [2.24, 2.45) is 0 Å². The SMILES string of the molecule is Cc1ccc(N(c2ccccc2C)c2cc3c(c4c2oc2ccccc24)-c2c(cc(N(c4ccc(C)c(C5C=CC=CC5)c4)c4ccccc4C)c4ccccc24)C32c3ccccc3-c3ccccc32)cc1-c1ccccc1. The van der Waals surface area contributed by atoms with Crippen LogP contribution in [-0.2, 0) is 5.41 Å². The lowest BCUT2D eigenvalue weighted by Gasteiger charge is -2.34. The molecule has 0 N–H and O–H groups in total. The molecular formula is C75H56N2O. The minimum atomic E-state index is -0.743. The average Bonchev–Trinajstić information content (AvgIpc) is 3.09. The van der Waals surface area contributed by atoms with Gasteiger partial charge >= 0.3 is 0 Å². The highest BCUT2D eigenvalue weighted by Gasteiger charge is 2.54. The molecule has 1 spiro atoms. The predicted molar refractivity (Wildman–Crippen MR) is 327 cm³/mol. The molecule has 0 amide bonds. The van der Waals surface area contributed by atoms with Crippen LogP contribution in [0.2, 0.25) is 0 Å². The third kappa shape index (κ3) is 6.70. The minimum Gasteiger partial charge on any atom is -0.454 e. The Kier molecular flexibility index (Phi) is 10.5. The van der Waals surface area contributed by atoms with Gasteiger partial charge in [0.2, 0.25) is 0 Å². The number of para-hydroxylation sites is 3. The van der Waals surface area contributed by atoms with E-state index in [1.807, 2.05) is 0 Å². The van der Waals surface area contributed by atoms with E-state index in [2.05, 4.69) is 286 Å².